The molecular weight excluding hydrogens is 162 g/mol. The van der Waals surface area contributed by atoms with E-state index in [0.29, 0.717) is 6.26 Å². The maximum atomic E-state index is 10.7. The summed E-state index contributed by atoms with van der Waals surface area (Å²) in [5.74, 6) is -1.21. The molecule has 0 aromatic carbocycles. The Labute approximate surface area is 69.4 Å². The number of nitrogens with zero attached hydrogens (tertiary/aromatic N) is 1. The Morgan fingerprint density at radius 1 is 1.50 bits per heavy atom. The highest BCUT2D eigenvalue weighted by Crippen LogP contribution is 1.92. The fourth-order valence-corrected chi connectivity index (χ4v) is 0.417. The highest BCUT2D eigenvalue weighted by Gasteiger charge is 2.06. The van der Waals surface area contributed by atoms with Gasteiger partial charge in [0.1, 0.15) is 5.57 Å². The summed E-state index contributed by atoms with van der Waals surface area (Å²) in [6, 6.07) is 0. The molecule has 0 rings (SSSR count). The van der Waals surface area contributed by atoms with Gasteiger partial charge in [0.2, 0.25) is 5.91 Å². The second-order valence-corrected chi connectivity index (χ2v) is 1.85. The molecule has 0 aromatic rings. The molecule has 0 heterocycles. The van der Waals surface area contributed by atoms with Gasteiger partial charge in [-0.3, -0.25) is 4.79 Å². The number of ether oxygens (including phenoxy) is 1. The van der Waals surface area contributed by atoms with Gasteiger partial charge in [0.05, 0.1) is 13.4 Å². The van der Waals surface area contributed by atoms with Crippen molar-refractivity contribution in [2.45, 2.75) is 6.92 Å². The quantitative estimate of drug-likeness (QED) is 0.279. The highest BCUT2D eigenvalue weighted by molar-refractivity contribution is 6.11. The molecule has 0 aliphatic rings. The third-order valence-corrected chi connectivity index (χ3v) is 0.946. The second kappa shape index (κ2) is 5.06. The van der Waals surface area contributed by atoms with Crippen LogP contribution < -0.4 is 0 Å². The van der Waals surface area contributed by atoms with Gasteiger partial charge < -0.3 is 9.84 Å². The minimum atomic E-state index is -0.748. The molecule has 0 aromatic heterocycles. The predicted octanol–water partition coefficient (Wildman–Crippen LogP) is 0.219. The van der Waals surface area contributed by atoms with Crippen LogP contribution >= 0.6 is 0 Å². The SMILES string of the molecule is COC(=O)C(C=NC(C)=O)=CO. The summed E-state index contributed by atoms with van der Waals surface area (Å²) < 4.78 is 4.27. The van der Waals surface area contributed by atoms with Crippen molar-refractivity contribution in [3.05, 3.63) is 11.8 Å². The Balaban J connectivity index is 4.40. The Morgan fingerprint density at radius 2 is 2.08 bits per heavy atom. The zero-order valence-electron chi connectivity index (χ0n) is 6.77. The molecule has 0 unspecified atom stereocenters. The first kappa shape index (κ1) is 10.3. The summed E-state index contributed by atoms with van der Waals surface area (Å²) in [4.78, 5) is 24.3. The van der Waals surface area contributed by atoms with E-state index in [-0.39, 0.29) is 5.57 Å². The molecule has 0 saturated heterocycles. The van der Waals surface area contributed by atoms with Crippen molar-refractivity contribution in [2.75, 3.05) is 7.11 Å². The van der Waals surface area contributed by atoms with Gasteiger partial charge in [-0.15, -0.1) is 0 Å². The summed E-state index contributed by atoms with van der Waals surface area (Å²) in [7, 11) is 1.16. The zero-order chi connectivity index (χ0) is 9.56. The van der Waals surface area contributed by atoms with Crippen molar-refractivity contribution < 1.29 is 19.4 Å². The Morgan fingerprint density at radius 3 is 2.42 bits per heavy atom. The number of aliphatic imine (C=N–C) groups is 1. The van der Waals surface area contributed by atoms with Gasteiger partial charge >= 0.3 is 5.97 Å². The first-order valence-corrected chi connectivity index (χ1v) is 3.09. The number of hydrogen-bond donors (Lipinski definition) is 1. The average molecular weight is 171 g/mol. The molecule has 66 valence electrons. The summed E-state index contributed by atoms with van der Waals surface area (Å²) >= 11 is 0. The topological polar surface area (TPSA) is 76.0 Å². The number of hydrogen-bond acceptors (Lipinski definition) is 4. The Kier molecular flexibility index (Phi) is 4.36. The first-order chi connectivity index (χ1) is 5.61. The Bertz CT molecular complexity index is 242. The molecule has 0 radical (unpaired) electrons. The molecule has 0 bridgehead atoms. The number of carbonyl (C=O) groups is 2. The minimum absolute atomic E-state index is 0.173. The van der Waals surface area contributed by atoms with Gasteiger partial charge in [-0.2, -0.15) is 0 Å². The second-order valence-electron chi connectivity index (χ2n) is 1.85. The normalized spacial score (nSPS) is 11.7. The van der Waals surface area contributed by atoms with Gasteiger partial charge in [-0.25, -0.2) is 9.79 Å². The number of aliphatic hydroxyl groups excluding tert-OH is 1. The van der Waals surface area contributed by atoms with Crippen molar-refractivity contribution in [2.24, 2.45) is 4.99 Å². The fourth-order valence-electron chi connectivity index (χ4n) is 0.417. The van der Waals surface area contributed by atoms with E-state index in [1.165, 1.54) is 6.92 Å². The molecule has 0 aliphatic carbocycles. The number of esters is 1. The lowest BCUT2D eigenvalue weighted by atomic mass is 10.3. The maximum absolute atomic E-state index is 10.7. The lowest BCUT2D eigenvalue weighted by Gasteiger charge is -1.95. The molecular formula is C7H9NO4. The van der Waals surface area contributed by atoms with Crippen LogP contribution in [0.1, 0.15) is 6.92 Å². The van der Waals surface area contributed by atoms with Crippen molar-refractivity contribution in [3.63, 3.8) is 0 Å². The molecule has 0 aliphatic heterocycles. The van der Waals surface area contributed by atoms with Crippen LogP contribution in [-0.4, -0.2) is 30.3 Å². The number of carbonyl (C=O) groups excluding carboxylic acids is 2. The predicted molar refractivity (Wildman–Crippen MR) is 41.9 cm³/mol. The lowest BCUT2D eigenvalue weighted by molar-refractivity contribution is -0.135. The molecule has 0 spiro atoms. The largest absolute Gasteiger partial charge is 0.515 e. The number of amides is 1. The van der Waals surface area contributed by atoms with Crippen LogP contribution in [0.25, 0.3) is 0 Å². The van der Waals surface area contributed by atoms with E-state index >= 15 is 0 Å². The standard InChI is InChI=1S/C7H9NO4/c1-5(10)8-3-6(4-9)7(11)12-2/h3-4,9H,1-2H3. The summed E-state index contributed by atoms with van der Waals surface area (Å²) in [6.45, 7) is 1.22. The minimum Gasteiger partial charge on any atom is -0.515 e. The first-order valence-electron chi connectivity index (χ1n) is 3.09. The lowest BCUT2D eigenvalue weighted by Crippen LogP contribution is -2.06. The summed E-state index contributed by atoms with van der Waals surface area (Å²) in [5, 5.41) is 8.48. The van der Waals surface area contributed by atoms with Crippen molar-refractivity contribution in [1.29, 1.82) is 0 Å². The van der Waals surface area contributed by atoms with Gasteiger partial charge in [0, 0.05) is 13.1 Å². The molecule has 5 heteroatoms. The van der Waals surface area contributed by atoms with Crippen LogP contribution in [0.3, 0.4) is 0 Å². The van der Waals surface area contributed by atoms with E-state index in [4.69, 9.17) is 5.11 Å². The van der Waals surface area contributed by atoms with Gasteiger partial charge in [-0.05, 0) is 0 Å². The third-order valence-electron chi connectivity index (χ3n) is 0.946. The molecule has 1 amide bonds. The summed E-state index contributed by atoms with van der Waals surface area (Å²) in [5.41, 5.74) is -0.173. The maximum Gasteiger partial charge on any atom is 0.342 e. The van der Waals surface area contributed by atoms with Crippen LogP contribution in [0.4, 0.5) is 0 Å². The monoisotopic (exact) mass is 171 g/mol. The van der Waals surface area contributed by atoms with Crippen molar-refractivity contribution in [1.82, 2.24) is 0 Å². The van der Waals surface area contributed by atoms with E-state index in [1.54, 1.807) is 0 Å². The number of rotatable bonds is 2. The average Bonchev–Trinajstić information content (AvgIpc) is 2.04. The van der Waals surface area contributed by atoms with Crippen LogP contribution in [-0.2, 0) is 14.3 Å². The third kappa shape index (κ3) is 3.50. The van der Waals surface area contributed by atoms with Crippen LogP contribution in [0.2, 0.25) is 0 Å². The molecule has 1 N–H and O–H groups in total. The fraction of sp³-hybridized carbons (Fsp3) is 0.286. The van der Waals surface area contributed by atoms with Crippen molar-refractivity contribution >= 4 is 18.1 Å². The molecule has 0 fully saturated rings. The number of aliphatic hydroxyl groups is 1. The van der Waals surface area contributed by atoms with Crippen molar-refractivity contribution in [3.8, 4) is 0 Å². The number of methoxy groups -OCH3 is 1. The van der Waals surface area contributed by atoms with E-state index in [2.05, 4.69) is 9.73 Å². The zero-order valence-corrected chi connectivity index (χ0v) is 6.77. The van der Waals surface area contributed by atoms with E-state index in [0.717, 1.165) is 13.3 Å². The smallest absolute Gasteiger partial charge is 0.342 e. The van der Waals surface area contributed by atoms with Crippen LogP contribution in [0.15, 0.2) is 16.8 Å². The van der Waals surface area contributed by atoms with E-state index < -0.39 is 11.9 Å². The molecule has 5 nitrogen and oxygen atoms in total. The van der Waals surface area contributed by atoms with E-state index in [1.807, 2.05) is 0 Å². The van der Waals surface area contributed by atoms with E-state index in [9.17, 15) is 9.59 Å². The molecule has 0 atom stereocenters. The molecule has 0 saturated carbocycles. The summed E-state index contributed by atoms with van der Waals surface area (Å²) in [6.07, 6.45) is 1.46. The van der Waals surface area contributed by atoms with Gasteiger partial charge in [0.15, 0.2) is 0 Å². The van der Waals surface area contributed by atoms with Gasteiger partial charge in [-0.1, -0.05) is 0 Å². The van der Waals surface area contributed by atoms with Gasteiger partial charge in [0.25, 0.3) is 0 Å². The van der Waals surface area contributed by atoms with Crippen LogP contribution in [0, 0.1) is 0 Å². The highest BCUT2D eigenvalue weighted by atomic mass is 16.5. The Hall–Kier alpha value is -1.65. The van der Waals surface area contributed by atoms with Crippen LogP contribution in [0.5, 0.6) is 0 Å². The molecule has 12 heavy (non-hydrogen) atoms.